The Bertz CT molecular complexity index is 295. The van der Waals surface area contributed by atoms with Crippen molar-refractivity contribution in [3.8, 4) is 0 Å². The van der Waals surface area contributed by atoms with Crippen molar-refractivity contribution in [2.75, 3.05) is 0 Å². The summed E-state index contributed by atoms with van der Waals surface area (Å²) < 4.78 is 0. The van der Waals surface area contributed by atoms with Gasteiger partial charge in [-0.15, -0.1) is 0 Å². The first-order chi connectivity index (χ1) is 6.79. The summed E-state index contributed by atoms with van der Waals surface area (Å²) >= 11 is 5.30. The van der Waals surface area contributed by atoms with Gasteiger partial charge >= 0.3 is 49.9 Å². The molecule has 2 rings (SSSR count). The summed E-state index contributed by atoms with van der Waals surface area (Å²) in [7, 11) is 0. The van der Waals surface area contributed by atoms with E-state index in [9.17, 15) is 0 Å². The van der Waals surface area contributed by atoms with Gasteiger partial charge in [-0.2, -0.15) is 0 Å². The average molecular weight is 611 g/mol. The van der Waals surface area contributed by atoms with Gasteiger partial charge in [-0.05, 0) is 27.7 Å². The Balaban J connectivity index is 0.000000337. The molecule has 0 aliphatic heterocycles. The standard InChI is InChI=1S/C12H18.2HI.Pt/c1-7-8(2)12(6)10(4)9(3)11(7,12)5;;;/h1-6H3;2*1H;/q;;;+2/p-2. The van der Waals surface area contributed by atoms with Crippen LogP contribution in [0.4, 0.5) is 0 Å². The maximum atomic E-state index is 2.39. The second-order valence-electron chi connectivity index (χ2n) is 4.80. The molecule has 90 valence electrons. The SMILES string of the molecule is CC1=C(C)C2(C)C(C)=C(C)C12C.[I][Pt][I]. The van der Waals surface area contributed by atoms with Crippen LogP contribution < -0.4 is 0 Å². The van der Waals surface area contributed by atoms with Crippen LogP contribution in [0.15, 0.2) is 22.3 Å². The number of halogens is 2. The van der Waals surface area contributed by atoms with Gasteiger partial charge in [-0.25, -0.2) is 0 Å². The van der Waals surface area contributed by atoms with E-state index < -0.39 is 0 Å². The van der Waals surface area contributed by atoms with Gasteiger partial charge in [0, 0.05) is 10.8 Å². The van der Waals surface area contributed by atoms with Crippen LogP contribution >= 0.6 is 38.7 Å². The Hall–Kier alpha value is 1.63. The number of rotatable bonds is 0. The van der Waals surface area contributed by atoms with Crippen molar-refractivity contribution in [2.45, 2.75) is 41.5 Å². The zero-order valence-corrected chi connectivity index (χ0v) is 16.7. The molecule has 0 amide bonds. The fourth-order valence-electron chi connectivity index (χ4n) is 3.44. The molecule has 0 spiro atoms. The van der Waals surface area contributed by atoms with Crippen molar-refractivity contribution in [1.29, 1.82) is 0 Å². The van der Waals surface area contributed by atoms with Gasteiger partial charge in [0.1, 0.15) is 0 Å². The summed E-state index contributed by atoms with van der Waals surface area (Å²) in [6, 6.07) is 0. The van der Waals surface area contributed by atoms with Crippen LogP contribution in [-0.4, -0.2) is 0 Å². The second kappa shape index (κ2) is 4.72. The van der Waals surface area contributed by atoms with E-state index in [-0.39, 0.29) is 0 Å². The molecule has 0 saturated carbocycles. The Labute approximate surface area is 123 Å². The first-order valence-corrected chi connectivity index (χ1v) is 17.9. The van der Waals surface area contributed by atoms with Crippen molar-refractivity contribution in [3.05, 3.63) is 22.3 Å². The predicted molar refractivity (Wildman–Crippen MR) is 81.0 cm³/mol. The molecule has 0 aromatic heterocycles. The van der Waals surface area contributed by atoms with Gasteiger partial charge < -0.3 is 0 Å². The topological polar surface area (TPSA) is 0 Å². The molecule has 0 unspecified atom stereocenters. The molecule has 15 heavy (non-hydrogen) atoms. The summed E-state index contributed by atoms with van der Waals surface area (Å²) in [5.74, 6) is 0. The number of hydrogen-bond donors (Lipinski definition) is 0. The molecular weight excluding hydrogens is 593 g/mol. The molecule has 0 aromatic carbocycles. The first-order valence-electron chi connectivity index (χ1n) is 4.99. The van der Waals surface area contributed by atoms with Crippen molar-refractivity contribution in [3.63, 3.8) is 0 Å². The van der Waals surface area contributed by atoms with Gasteiger partial charge in [0.15, 0.2) is 0 Å². The fourth-order valence-corrected chi connectivity index (χ4v) is 3.44. The van der Waals surface area contributed by atoms with E-state index in [4.69, 9.17) is 0 Å². The molecule has 0 aromatic rings. The zero-order chi connectivity index (χ0) is 12.0. The first kappa shape index (κ1) is 14.7. The third kappa shape index (κ3) is 1.60. The van der Waals surface area contributed by atoms with Crippen LogP contribution in [0.1, 0.15) is 41.5 Å². The average Bonchev–Trinajstić information content (AvgIpc) is 2.24. The van der Waals surface area contributed by atoms with E-state index in [0.29, 0.717) is 22.0 Å². The molecule has 0 fully saturated rings. The fraction of sp³-hybridized carbons (Fsp3) is 0.667. The Morgan fingerprint density at radius 2 is 0.867 bits per heavy atom. The monoisotopic (exact) mass is 611 g/mol. The van der Waals surface area contributed by atoms with Gasteiger partial charge in [0.05, 0.1) is 0 Å². The van der Waals surface area contributed by atoms with Crippen molar-refractivity contribution < 1.29 is 11.2 Å². The molecule has 0 heterocycles. The van der Waals surface area contributed by atoms with Crippen LogP contribution in [0, 0.1) is 10.8 Å². The van der Waals surface area contributed by atoms with Crippen LogP contribution in [0.3, 0.4) is 0 Å². The summed E-state index contributed by atoms with van der Waals surface area (Å²) in [5.41, 5.74) is 7.25. The van der Waals surface area contributed by atoms with E-state index >= 15 is 0 Å². The van der Waals surface area contributed by atoms with Gasteiger partial charge in [0.2, 0.25) is 0 Å². The third-order valence-corrected chi connectivity index (χ3v) is 5.12. The van der Waals surface area contributed by atoms with Crippen molar-refractivity contribution in [2.24, 2.45) is 10.8 Å². The summed E-state index contributed by atoms with van der Waals surface area (Å²) in [6.45, 7) is 13.9. The van der Waals surface area contributed by atoms with E-state index in [1.807, 2.05) is 0 Å². The molecule has 0 N–H and O–H groups in total. The minimum atomic E-state index is 0.418. The van der Waals surface area contributed by atoms with Gasteiger partial charge in [-0.1, -0.05) is 36.1 Å². The molecule has 0 nitrogen and oxygen atoms in total. The van der Waals surface area contributed by atoms with Crippen LogP contribution in [0.25, 0.3) is 0 Å². The van der Waals surface area contributed by atoms with E-state index in [1.54, 1.807) is 22.3 Å². The normalized spacial score (nSPS) is 37.9. The molecule has 0 saturated heterocycles. The summed E-state index contributed by atoms with van der Waals surface area (Å²) in [6.07, 6.45) is 0. The van der Waals surface area contributed by atoms with Crippen LogP contribution in [0.5, 0.6) is 0 Å². The molecule has 0 bridgehead atoms. The Morgan fingerprint density at radius 3 is 1.00 bits per heavy atom. The van der Waals surface area contributed by atoms with Gasteiger partial charge in [-0.3, -0.25) is 0 Å². The minimum absolute atomic E-state index is 0.418. The predicted octanol–water partition coefficient (Wildman–Crippen LogP) is 5.47. The molecule has 0 atom stereocenters. The number of allylic oxidation sites excluding steroid dienone is 4. The Kier molecular flexibility index (Phi) is 4.62. The molecule has 3 heteroatoms. The second-order valence-corrected chi connectivity index (χ2v) is 21.4. The van der Waals surface area contributed by atoms with Crippen LogP contribution in [0.2, 0.25) is 0 Å². The van der Waals surface area contributed by atoms with E-state index in [0.717, 1.165) is 0 Å². The third-order valence-electron chi connectivity index (χ3n) is 5.12. The van der Waals surface area contributed by atoms with Crippen molar-refractivity contribution >= 4 is 38.7 Å². The molecule has 2 aliphatic rings. The quantitative estimate of drug-likeness (QED) is 0.252. The zero-order valence-electron chi connectivity index (χ0n) is 10.1. The summed E-state index contributed by atoms with van der Waals surface area (Å²) in [4.78, 5) is 0. The maximum absolute atomic E-state index is 2.39. The van der Waals surface area contributed by atoms with E-state index in [2.05, 4.69) is 80.2 Å². The Morgan fingerprint density at radius 1 is 0.733 bits per heavy atom. The number of fused-ring (bicyclic) bond motifs is 1. The molecule has 2 aliphatic carbocycles. The van der Waals surface area contributed by atoms with Gasteiger partial charge in [0.25, 0.3) is 0 Å². The molecular formula is C12H18I2Pt. The van der Waals surface area contributed by atoms with E-state index in [1.165, 1.54) is 0 Å². The van der Waals surface area contributed by atoms with Crippen molar-refractivity contribution in [1.82, 2.24) is 0 Å². The van der Waals surface area contributed by atoms with Crippen LogP contribution in [-0.2, 0) is 11.2 Å². The molecule has 0 radical (unpaired) electrons. The number of hydrogen-bond acceptors (Lipinski definition) is 0. The summed E-state index contributed by atoms with van der Waals surface area (Å²) in [5, 5.41) is 0.